The number of carboxylic acid groups (broad SMARTS) is 1. The summed E-state index contributed by atoms with van der Waals surface area (Å²) in [6.07, 6.45) is 13.1. The first-order valence-electron chi connectivity index (χ1n) is 8.36. The molecule has 3 N–H and O–H groups in total. The molecule has 124 valence electrons. The lowest BCUT2D eigenvalue weighted by Crippen LogP contribution is -2.36. The molecule has 5 heteroatoms. The monoisotopic (exact) mass is 300 g/mol. The lowest BCUT2D eigenvalue weighted by Gasteiger charge is -2.05. The molecule has 0 saturated heterocycles. The first kappa shape index (κ1) is 19.9. The highest BCUT2D eigenvalue weighted by Crippen LogP contribution is 2.11. The van der Waals surface area contributed by atoms with Crippen molar-refractivity contribution in [3.63, 3.8) is 0 Å². The minimum atomic E-state index is -0.918. The largest absolute Gasteiger partial charge is 0.480 e. The Bertz CT molecular complexity index is 270. The molecule has 0 radical (unpaired) electrons. The van der Waals surface area contributed by atoms with E-state index in [1.165, 1.54) is 51.4 Å². The van der Waals surface area contributed by atoms with Crippen molar-refractivity contribution in [1.82, 2.24) is 10.6 Å². The fraction of sp³-hybridized carbons (Fsp3) is 0.875. The van der Waals surface area contributed by atoms with Crippen LogP contribution in [0.5, 0.6) is 0 Å². The summed E-state index contributed by atoms with van der Waals surface area (Å²) in [5.41, 5.74) is 0. The molecule has 0 atom stereocenters. The van der Waals surface area contributed by atoms with E-state index < -0.39 is 5.97 Å². The molecule has 0 aliphatic rings. The minimum Gasteiger partial charge on any atom is -0.480 e. The number of hydrogen-bond donors (Lipinski definition) is 3. The van der Waals surface area contributed by atoms with Crippen molar-refractivity contribution in [1.29, 1.82) is 0 Å². The van der Waals surface area contributed by atoms with E-state index in [1.807, 2.05) is 0 Å². The summed E-state index contributed by atoms with van der Waals surface area (Å²) in [7, 11) is 0. The first-order valence-corrected chi connectivity index (χ1v) is 8.36. The summed E-state index contributed by atoms with van der Waals surface area (Å²) in [4.78, 5) is 21.7. The summed E-state index contributed by atoms with van der Waals surface area (Å²) < 4.78 is 0. The average Bonchev–Trinajstić information content (AvgIpc) is 2.45. The van der Waals surface area contributed by atoms with Gasteiger partial charge in [-0.05, 0) is 6.42 Å². The Morgan fingerprint density at radius 1 is 0.857 bits per heavy atom. The second kappa shape index (κ2) is 15.3. The summed E-state index contributed by atoms with van der Waals surface area (Å²) in [6, 6.07) is 0. The highest BCUT2D eigenvalue weighted by atomic mass is 16.4. The van der Waals surface area contributed by atoms with Crippen molar-refractivity contribution in [2.75, 3.05) is 13.2 Å². The van der Waals surface area contributed by atoms with Gasteiger partial charge in [0.1, 0.15) is 0 Å². The lowest BCUT2D eigenvalue weighted by molar-refractivity contribution is -0.136. The molecule has 0 aliphatic carbocycles. The summed E-state index contributed by atoms with van der Waals surface area (Å²) in [5, 5.41) is 13.7. The van der Waals surface area contributed by atoms with Crippen LogP contribution >= 0.6 is 0 Å². The predicted molar refractivity (Wildman–Crippen MR) is 85.1 cm³/mol. The van der Waals surface area contributed by atoms with Crippen LogP contribution in [0, 0.1) is 0 Å². The van der Waals surface area contributed by atoms with E-state index >= 15 is 0 Å². The van der Waals surface area contributed by atoms with E-state index in [0.717, 1.165) is 12.8 Å². The Balaban J connectivity index is 3.16. The molecule has 21 heavy (non-hydrogen) atoms. The van der Waals surface area contributed by atoms with Gasteiger partial charge in [-0.15, -0.1) is 0 Å². The van der Waals surface area contributed by atoms with E-state index in [-0.39, 0.29) is 19.1 Å². The molecule has 0 fully saturated rings. The second-order valence-electron chi connectivity index (χ2n) is 5.53. The highest BCUT2D eigenvalue weighted by Gasteiger charge is 2.01. The fourth-order valence-corrected chi connectivity index (χ4v) is 2.19. The van der Waals surface area contributed by atoms with Gasteiger partial charge in [-0.3, -0.25) is 14.9 Å². The number of amides is 1. The zero-order chi connectivity index (χ0) is 15.8. The molecule has 0 aromatic carbocycles. The van der Waals surface area contributed by atoms with Crippen molar-refractivity contribution in [2.45, 2.75) is 77.6 Å². The predicted octanol–water partition coefficient (Wildman–Crippen LogP) is 3.05. The molecule has 0 rings (SSSR count). The van der Waals surface area contributed by atoms with Crippen LogP contribution in [0.4, 0.5) is 0 Å². The van der Waals surface area contributed by atoms with Gasteiger partial charge in [0.15, 0.2) is 0 Å². The smallest absolute Gasteiger partial charge is 0.317 e. The normalized spacial score (nSPS) is 10.5. The van der Waals surface area contributed by atoms with Crippen molar-refractivity contribution in [2.24, 2.45) is 0 Å². The van der Waals surface area contributed by atoms with Crippen LogP contribution in [-0.4, -0.2) is 30.2 Å². The zero-order valence-corrected chi connectivity index (χ0v) is 13.5. The van der Waals surface area contributed by atoms with Gasteiger partial charge >= 0.3 is 5.97 Å². The van der Waals surface area contributed by atoms with Gasteiger partial charge < -0.3 is 10.4 Å². The zero-order valence-electron chi connectivity index (χ0n) is 13.5. The fourth-order valence-electron chi connectivity index (χ4n) is 2.19. The van der Waals surface area contributed by atoms with Crippen LogP contribution < -0.4 is 10.6 Å². The number of hydrogen-bond acceptors (Lipinski definition) is 3. The molecule has 0 spiro atoms. The second-order valence-corrected chi connectivity index (χ2v) is 5.53. The van der Waals surface area contributed by atoms with E-state index in [2.05, 4.69) is 17.6 Å². The SMILES string of the molecule is CCCCCCCCCCCCC(=O)NCNCC(=O)O. The summed E-state index contributed by atoms with van der Waals surface area (Å²) in [5.74, 6) is -0.925. The maximum atomic E-state index is 11.4. The Morgan fingerprint density at radius 3 is 1.90 bits per heavy atom. The first-order chi connectivity index (χ1) is 10.2. The van der Waals surface area contributed by atoms with Gasteiger partial charge in [-0.2, -0.15) is 0 Å². The van der Waals surface area contributed by atoms with E-state index in [4.69, 9.17) is 5.11 Å². The number of carbonyl (C=O) groups is 2. The third-order valence-corrected chi connectivity index (χ3v) is 3.44. The maximum Gasteiger partial charge on any atom is 0.317 e. The number of rotatable bonds is 15. The molecule has 0 unspecified atom stereocenters. The van der Waals surface area contributed by atoms with Crippen molar-refractivity contribution >= 4 is 11.9 Å². The average molecular weight is 300 g/mol. The number of aliphatic carboxylic acids is 1. The standard InChI is InChI=1S/C16H32N2O3/c1-2-3-4-5-6-7-8-9-10-11-12-15(19)18-14-17-13-16(20)21/h17H,2-14H2,1H3,(H,18,19)(H,20,21). The van der Waals surface area contributed by atoms with Gasteiger partial charge in [-0.25, -0.2) is 0 Å². The van der Waals surface area contributed by atoms with Gasteiger partial charge in [0.25, 0.3) is 0 Å². The third-order valence-electron chi connectivity index (χ3n) is 3.44. The van der Waals surface area contributed by atoms with Crippen LogP contribution in [-0.2, 0) is 9.59 Å². The number of carbonyl (C=O) groups excluding carboxylic acids is 1. The van der Waals surface area contributed by atoms with Gasteiger partial charge in [0, 0.05) is 6.42 Å². The lowest BCUT2D eigenvalue weighted by atomic mass is 10.1. The molecule has 1 amide bonds. The van der Waals surface area contributed by atoms with Crippen molar-refractivity contribution in [3.05, 3.63) is 0 Å². The van der Waals surface area contributed by atoms with Gasteiger partial charge in [0.2, 0.25) is 5.91 Å². The molecule has 0 aromatic heterocycles. The van der Waals surface area contributed by atoms with Crippen LogP contribution in [0.1, 0.15) is 77.6 Å². The number of unbranched alkanes of at least 4 members (excludes halogenated alkanes) is 9. The topological polar surface area (TPSA) is 78.4 Å². The Morgan fingerprint density at radius 2 is 1.38 bits per heavy atom. The van der Waals surface area contributed by atoms with Crippen LogP contribution in [0.2, 0.25) is 0 Å². The minimum absolute atomic E-state index is 0.00699. The van der Waals surface area contributed by atoms with Gasteiger partial charge in [0.05, 0.1) is 13.2 Å². The Labute approximate surface area is 128 Å². The molecule has 5 nitrogen and oxygen atoms in total. The molecule has 0 aliphatic heterocycles. The quantitative estimate of drug-likeness (QED) is 0.321. The van der Waals surface area contributed by atoms with Crippen molar-refractivity contribution in [3.8, 4) is 0 Å². The molecule has 0 heterocycles. The third kappa shape index (κ3) is 16.8. The van der Waals surface area contributed by atoms with E-state index in [9.17, 15) is 9.59 Å². The van der Waals surface area contributed by atoms with Crippen molar-refractivity contribution < 1.29 is 14.7 Å². The Hall–Kier alpha value is -1.10. The molecule has 0 bridgehead atoms. The molecule has 0 aromatic rings. The summed E-state index contributed by atoms with van der Waals surface area (Å²) in [6.45, 7) is 2.33. The van der Waals surface area contributed by atoms with Crippen LogP contribution in [0.3, 0.4) is 0 Å². The van der Waals surface area contributed by atoms with Crippen LogP contribution in [0.25, 0.3) is 0 Å². The molecular weight excluding hydrogens is 268 g/mol. The maximum absolute atomic E-state index is 11.4. The summed E-state index contributed by atoms with van der Waals surface area (Å²) >= 11 is 0. The Kier molecular flexibility index (Phi) is 14.5. The van der Waals surface area contributed by atoms with Crippen LogP contribution in [0.15, 0.2) is 0 Å². The molecular formula is C16H32N2O3. The van der Waals surface area contributed by atoms with Gasteiger partial charge in [-0.1, -0.05) is 64.7 Å². The van der Waals surface area contributed by atoms with E-state index in [1.54, 1.807) is 0 Å². The molecule has 0 saturated carbocycles. The highest BCUT2D eigenvalue weighted by molar-refractivity contribution is 5.75. The van der Waals surface area contributed by atoms with E-state index in [0.29, 0.717) is 6.42 Å². The number of nitrogens with one attached hydrogen (secondary N) is 2. The number of carboxylic acids is 1.